The van der Waals surface area contributed by atoms with Crippen molar-refractivity contribution in [3.05, 3.63) is 46.9 Å². The summed E-state index contributed by atoms with van der Waals surface area (Å²) in [7, 11) is 0. The van der Waals surface area contributed by atoms with E-state index in [4.69, 9.17) is 12.2 Å². The molecule has 2 aromatic rings. The number of hydrogen-bond acceptors (Lipinski definition) is 2. The van der Waals surface area contributed by atoms with Gasteiger partial charge in [-0.3, -0.25) is 0 Å². The summed E-state index contributed by atoms with van der Waals surface area (Å²) >= 11 is 5.25. The van der Waals surface area contributed by atoms with Crippen molar-refractivity contribution in [2.24, 2.45) is 5.41 Å². The molecule has 1 N–H and O–H groups in total. The van der Waals surface area contributed by atoms with Crippen LogP contribution in [0.5, 0.6) is 0 Å². The Hall–Kier alpha value is -1.48. The second-order valence-electron chi connectivity index (χ2n) is 5.68. The van der Waals surface area contributed by atoms with E-state index in [0.717, 1.165) is 23.5 Å². The van der Waals surface area contributed by atoms with Crippen molar-refractivity contribution in [2.75, 3.05) is 0 Å². The van der Waals surface area contributed by atoms with E-state index in [1.807, 2.05) is 24.3 Å². The Morgan fingerprint density at radius 2 is 1.83 bits per heavy atom. The first-order valence-electron chi connectivity index (χ1n) is 6.10. The van der Waals surface area contributed by atoms with Crippen molar-refractivity contribution >= 4 is 12.2 Å². The van der Waals surface area contributed by atoms with E-state index >= 15 is 0 Å². The molecule has 1 aromatic heterocycles. The van der Waals surface area contributed by atoms with E-state index in [9.17, 15) is 0 Å². The number of hydrogen-bond donors (Lipinski definition) is 1. The van der Waals surface area contributed by atoms with Gasteiger partial charge in [0.25, 0.3) is 0 Å². The molecule has 3 heteroatoms. The van der Waals surface area contributed by atoms with Crippen LogP contribution >= 0.6 is 12.2 Å². The number of nitrogens with one attached hydrogen (secondary N) is 1. The van der Waals surface area contributed by atoms with Gasteiger partial charge in [0.2, 0.25) is 0 Å². The average Bonchev–Trinajstić information content (AvgIpc) is 2.27. The molecular weight excluding hydrogens is 240 g/mol. The Bertz CT molecular complexity index is 579. The Morgan fingerprint density at radius 1 is 1.17 bits per heavy atom. The smallest absolute Gasteiger partial charge is 0.130 e. The molecule has 0 amide bonds. The van der Waals surface area contributed by atoms with Gasteiger partial charge in [0.05, 0.1) is 0 Å². The SMILES string of the molecule is CC(C)(C)Cc1nc(=S)cc(-c2ccccc2)[nH]1. The van der Waals surface area contributed by atoms with Crippen LogP contribution in [-0.4, -0.2) is 9.97 Å². The molecule has 0 saturated carbocycles. The van der Waals surface area contributed by atoms with Gasteiger partial charge in [-0.25, -0.2) is 4.98 Å². The molecular formula is C15H18N2S. The minimum Gasteiger partial charge on any atom is -0.343 e. The van der Waals surface area contributed by atoms with Gasteiger partial charge in [0.1, 0.15) is 10.5 Å². The lowest BCUT2D eigenvalue weighted by Gasteiger charge is -2.17. The second kappa shape index (κ2) is 5.02. The fraction of sp³-hybridized carbons (Fsp3) is 0.333. The van der Waals surface area contributed by atoms with Crippen LogP contribution in [0.1, 0.15) is 26.6 Å². The molecule has 1 aromatic carbocycles. The van der Waals surface area contributed by atoms with Crippen molar-refractivity contribution < 1.29 is 0 Å². The zero-order valence-electron chi connectivity index (χ0n) is 11.0. The van der Waals surface area contributed by atoms with E-state index in [1.54, 1.807) is 0 Å². The van der Waals surface area contributed by atoms with Crippen LogP contribution in [0.15, 0.2) is 36.4 Å². The van der Waals surface area contributed by atoms with Crippen LogP contribution in [0, 0.1) is 10.1 Å². The van der Waals surface area contributed by atoms with Gasteiger partial charge in [-0.2, -0.15) is 0 Å². The predicted molar refractivity (Wildman–Crippen MR) is 78.0 cm³/mol. The third-order valence-corrected chi connectivity index (χ3v) is 2.78. The summed E-state index contributed by atoms with van der Waals surface area (Å²) in [6.45, 7) is 6.59. The molecule has 0 spiro atoms. The predicted octanol–water partition coefficient (Wildman–Crippen LogP) is 4.39. The minimum atomic E-state index is 0.195. The molecule has 0 bridgehead atoms. The first-order chi connectivity index (χ1) is 8.44. The zero-order chi connectivity index (χ0) is 13.2. The van der Waals surface area contributed by atoms with E-state index in [0.29, 0.717) is 4.64 Å². The van der Waals surface area contributed by atoms with Crippen LogP contribution in [0.2, 0.25) is 0 Å². The quantitative estimate of drug-likeness (QED) is 0.809. The highest BCUT2D eigenvalue weighted by molar-refractivity contribution is 7.71. The molecule has 0 unspecified atom stereocenters. The average molecular weight is 258 g/mol. The fourth-order valence-electron chi connectivity index (χ4n) is 1.87. The maximum atomic E-state index is 5.25. The van der Waals surface area contributed by atoms with Crippen LogP contribution in [0.3, 0.4) is 0 Å². The summed E-state index contributed by atoms with van der Waals surface area (Å²) in [5, 5.41) is 0. The molecule has 0 aliphatic rings. The summed E-state index contributed by atoms with van der Waals surface area (Å²) in [6.07, 6.45) is 0.886. The van der Waals surface area contributed by atoms with E-state index in [1.165, 1.54) is 0 Å². The van der Waals surface area contributed by atoms with Crippen LogP contribution in [-0.2, 0) is 6.42 Å². The fourth-order valence-corrected chi connectivity index (χ4v) is 2.10. The first-order valence-corrected chi connectivity index (χ1v) is 6.50. The normalized spacial score (nSPS) is 11.5. The molecule has 0 atom stereocenters. The zero-order valence-corrected chi connectivity index (χ0v) is 11.8. The number of aromatic nitrogens is 2. The summed E-state index contributed by atoms with van der Waals surface area (Å²) in [4.78, 5) is 7.78. The summed E-state index contributed by atoms with van der Waals surface area (Å²) in [5.74, 6) is 0.953. The molecule has 2 nitrogen and oxygen atoms in total. The van der Waals surface area contributed by atoms with Gasteiger partial charge in [-0.15, -0.1) is 0 Å². The highest BCUT2D eigenvalue weighted by Crippen LogP contribution is 2.21. The van der Waals surface area contributed by atoms with Crippen molar-refractivity contribution in [2.45, 2.75) is 27.2 Å². The number of rotatable bonds is 2. The summed E-state index contributed by atoms with van der Waals surface area (Å²) in [5.41, 5.74) is 2.37. The van der Waals surface area contributed by atoms with Gasteiger partial charge in [-0.1, -0.05) is 63.3 Å². The number of H-pyrrole nitrogens is 1. The number of benzene rings is 1. The molecule has 2 rings (SSSR count). The monoisotopic (exact) mass is 258 g/mol. The Labute approximate surface area is 113 Å². The van der Waals surface area contributed by atoms with Crippen LogP contribution in [0.4, 0.5) is 0 Å². The first kappa shape index (κ1) is 13.0. The lowest BCUT2D eigenvalue weighted by molar-refractivity contribution is 0.400. The summed E-state index contributed by atoms with van der Waals surface area (Å²) in [6, 6.07) is 12.1. The minimum absolute atomic E-state index is 0.195. The third-order valence-electron chi connectivity index (χ3n) is 2.57. The molecule has 0 fully saturated rings. The molecule has 94 valence electrons. The number of aromatic amines is 1. The van der Waals surface area contributed by atoms with Crippen LogP contribution in [0.25, 0.3) is 11.3 Å². The van der Waals surface area contributed by atoms with Crippen molar-refractivity contribution in [3.8, 4) is 11.3 Å². The topological polar surface area (TPSA) is 28.7 Å². The lowest BCUT2D eigenvalue weighted by atomic mass is 9.92. The third kappa shape index (κ3) is 3.50. The van der Waals surface area contributed by atoms with Gasteiger partial charge in [-0.05, 0) is 17.0 Å². The highest BCUT2D eigenvalue weighted by Gasteiger charge is 2.13. The summed E-state index contributed by atoms with van der Waals surface area (Å²) < 4.78 is 0.645. The molecule has 0 saturated heterocycles. The van der Waals surface area contributed by atoms with E-state index in [-0.39, 0.29) is 5.41 Å². The Balaban J connectivity index is 2.42. The molecule has 0 radical (unpaired) electrons. The Kier molecular flexibility index (Phi) is 3.62. The van der Waals surface area contributed by atoms with Crippen molar-refractivity contribution in [3.63, 3.8) is 0 Å². The van der Waals surface area contributed by atoms with E-state index in [2.05, 4.69) is 42.9 Å². The van der Waals surface area contributed by atoms with Crippen LogP contribution < -0.4 is 0 Å². The van der Waals surface area contributed by atoms with Gasteiger partial charge in [0, 0.05) is 12.1 Å². The standard InChI is InChI=1S/C15H18N2S/c1-15(2,3)10-13-16-12(9-14(18)17-13)11-7-5-4-6-8-11/h4-9H,10H2,1-3H3,(H,16,17,18). The second-order valence-corrected chi connectivity index (χ2v) is 6.10. The molecule has 1 heterocycles. The highest BCUT2D eigenvalue weighted by atomic mass is 32.1. The maximum absolute atomic E-state index is 5.25. The van der Waals surface area contributed by atoms with Gasteiger partial charge < -0.3 is 4.98 Å². The largest absolute Gasteiger partial charge is 0.343 e. The van der Waals surface area contributed by atoms with Gasteiger partial charge >= 0.3 is 0 Å². The van der Waals surface area contributed by atoms with Crippen molar-refractivity contribution in [1.82, 2.24) is 9.97 Å². The van der Waals surface area contributed by atoms with Crippen molar-refractivity contribution in [1.29, 1.82) is 0 Å². The van der Waals surface area contributed by atoms with Gasteiger partial charge in [0.15, 0.2) is 0 Å². The number of nitrogens with zero attached hydrogens (tertiary/aromatic N) is 1. The maximum Gasteiger partial charge on any atom is 0.130 e. The molecule has 0 aliphatic heterocycles. The Morgan fingerprint density at radius 3 is 2.44 bits per heavy atom. The molecule has 0 aliphatic carbocycles. The lowest BCUT2D eigenvalue weighted by Crippen LogP contribution is -2.12. The molecule has 18 heavy (non-hydrogen) atoms. The van der Waals surface area contributed by atoms with E-state index < -0.39 is 0 Å².